The number of hydrogen-bond acceptors (Lipinski definition) is 5. The first-order valence-corrected chi connectivity index (χ1v) is 8.50. The Labute approximate surface area is 156 Å². The first kappa shape index (κ1) is 20.2. The van der Waals surface area contributed by atoms with Gasteiger partial charge in [0.15, 0.2) is 0 Å². The summed E-state index contributed by atoms with van der Waals surface area (Å²) in [5.74, 6) is -0.692. The number of rotatable bonds is 4. The fourth-order valence-electron chi connectivity index (χ4n) is 2.38. The fourth-order valence-corrected chi connectivity index (χ4v) is 2.38. The maximum Gasteiger partial charge on any atom is 0.407 e. The van der Waals surface area contributed by atoms with E-state index in [4.69, 9.17) is 4.74 Å². The second-order valence-corrected chi connectivity index (χ2v) is 7.03. The van der Waals surface area contributed by atoms with Gasteiger partial charge in [-0.25, -0.2) is 9.59 Å². The third kappa shape index (κ3) is 5.16. The minimum absolute atomic E-state index is 0.0846. The van der Waals surface area contributed by atoms with Crippen LogP contribution >= 0.6 is 0 Å². The van der Waals surface area contributed by atoms with Gasteiger partial charge in [-0.3, -0.25) is 14.2 Å². The molecule has 0 saturated carbocycles. The number of nitrogens with one attached hydrogen (secondary N) is 1. The van der Waals surface area contributed by atoms with Crippen molar-refractivity contribution in [3.05, 3.63) is 68.5 Å². The molecule has 0 atom stereocenters. The molecule has 27 heavy (non-hydrogen) atoms. The van der Waals surface area contributed by atoms with E-state index in [-0.39, 0.29) is 24.2 Å². The second-order valence-electron chi connectivity index (χ2n) is 7.03. The molecule has 0 saturated heterocycles. The third-order valence-electron chi connectivity index (χ3n) is 3.57. The Morgan fingerprint density at radius 2 is 1.74 bits per heavy atom. The maximum absolute atomic E-state index is 12.6. The van der Waals surface area contributed by atoms with E-state index in [9.17, 15) is 19.2 Å². The van der Waals surface area contributed by atoms with Crippen LogP contribution in [-0.2, 0) is 11.3 Å². The van der Waals surface area contributed by atoms with Gasteiger partial charge in [0.25, 0.3) is 11.5 Å². The summed E-state index contributed by atoms with van der Waals surface area (Å²) in [6.07, 6.45) is 0.761. The van der Waals surface area contributed by atoms with Crippen LogP contribution in [-0.4, -0.2) is 33.3 Å². The summed E-state index contributed by atoms with van der Waals surface area (Å²) in [4.78, 5) is 49.2. The number of benzene rings is 1. The van der Waals surface area contributed by atoms with Crippen LogP contribution < -0.4 is 16.6 Å². The van der Waals surface area contributed by atoms with E-state index in [1.165, 1.54) is 29.8 Å². The zero-order valence-corrected chi connectivity index (χ0v) is 15.8. The lowest BCUT2D eigenvalue weighted by molar-refractivity contribution is 0.0525. The molecule has 0 radical (unpaired) electrons. The molecule has 0 fully saturated rings. The van der Waals surface area contributed by atoms with Crippen LogP contribution in [0.4, 0.5) is 4.79 Å². The van der Waals surface area contributed by atoms with Crippen LogP contribution in [0.25, 0.3) is 0 Å². The molecule has 0 unspecified atom stereocenters. The van der Waals surface area contributed by atoms with Crippen LogP contribution in [0.15, 0.2) is 46.1 Å². The van der Waals surface area contributed by atoms with Gasteiger partial charge < -0.3 is 10.1 Å². The summed E-state index contributed by atoms with van der Waals surface area (Å²) in [5.41, 5.74) is -1.57. The third-order valence-corrected chi connectivity index (χ3v) is 3.57. The summed E-state index contributed by atoms with van der Waals surface area (Å²) >= 11 is 0. The maximum atomic E-state index is 12.6. The molecule has 2 aromatic rings. The first-order chi connectivity index (χ1) is 12.6. The summed E-state index contributed by atoms with van der Waals surface area (Å²) in [6.45, 7) is 6.93. The standard InChI is InChI=1S/C19H23N3O5/c1-13-12-21(11-10-20-17(25)27-19(2,3)4)18(26)22(15(13)23)16(24)14-8-6-5-7-9-14/h5-9,12H,10-11H2,1-4H3,(H,20,25). The molecule has 1 amide bonds. The Bertz CT molecular complexity index is 952. The van der Waals surface area contributed by atoms with Gasteiger partial charge in [-0.1, -0.05) is 18.2 Å². The van der Waals surface area contributed by atoms with Gasteiger partial charge in [-0.15, -0.1) is 0 Å². The molecule has 1 N–H and O–H groups in total. The lowest BCUT2D eigenvalue weighted by Crippen LogP contribution is -2.45. The molecular weight excluding hydrogens is 350 g/mol. The largest absolute Gasteiger partial charge is 0.444 e. The number of hydrogen-bond donors (Lipinski definition) is 1. The van der Waals surface area contributed by atoms with Gasteiger partial charge in [-0.05, 0) is 39.8 Å². The zero-order chi connectivity index (χ0) is 20.2. The van der Waals surface area contributed by atoms with Crippen molar-refractivity contribution in [3.63, 3.8) is 0 Å². The Morgan fingerprint density at radius 3 is 2.33 bits per heavy atom. The van der Waals surface area contributed by atoms with Crippen LogP contribution in [0.2, 0.25) is 0 Å². The fraction of sp³-hybridized carbons (Fsp3) is 0.368. The SMILES string of the molecule is Cc1cn(CCNC(=O)OC(C)(C)C)c(=O)n(C(=O)c2ccccc2)c1=O. The topological polar surface area (TPSA) is 99.4 Å². The monoisotopic (exact) mass is 373 g/mol. The van der Waals surface area contributed by atoms with Gasteiger partial charge in [0, 0.05) is 30.4 Å². The quantitative estimate of drug-likeness (QED) is 0.876. The normalized spacial score (nSPS) is 11.1. The van der Waals surface area contributed by atoms with Gasteiger partial charge in [0.05, 0.1) is 0 Å². The Morgan fingerprint density at radius 1 is 1.11 bits per heavy atom. The number of alkyl carbamates (subject to hydrolysis) is 1. The van der Waals surface area contributed by atoms with Gasteiger partial charge >= 0.3 is 11.8 Å². The molecule has 144 valence electrons. The minimum atomic E-state index is -0.759. The Hall–Kier alpha value is -3.16. The number of carbonyl (C=O) groups excluding carboxylic acids is 2. The Kier molecular flexibility index (Phi) is 5.99. The molecule has 1 heterocycles. The summed E-state index contributed by atoms with van der Waals surface area (Å²) in [7, 11) is 0. The average molecular weight is 373 g/mol. The molecule has 1 aromatic heterocycles. The number of carbonyl (C=O) groups is 2. The molecular formula is C19H23N3O5. The van der Waals surface area contributed by atoms with E-state index in [2.05, 4.69) is 5.32 Å². The Balaban J connectivity index is 2.23. The number of amides is 1. The van der Waals surface area contributed by atoms with Crippen molar-refractivity contribution in [2.24, 2.45) is 0 Å². The second kappa shape index (κ2) is 8.03. The molecule has 0 aliphatic heterocycles. The molecule has 0 aliphatic carbocycles. The van der Waals surface area contributed by atoms with E-state index in [1.807, 2.05) is 0 Å². The molecule has 0 spiro atoms. The van der Waals surface area contributed by atoms with E-state index in [1.54, 1.807) is 39.0 Å². The van der Waals surface area contributed by atoms with E-state index >= 15 is 0 Å². The highest BCUT2D eigenvalue weighted by Gasteiger charge is 2.18. The first-order valence-electron chi connectivity index (χ1n) is 8.50. The molecule has 0 aliphatic rings. The van der Waals surface area contributed by atoms with Crippen LogP contribution in [0.1, 0.15) is 36.7 Å². The highest BCUT2D eigenvalue weighted by atomic mass is 16.6. The van der Waals surface area contributed by atoms with Gasteiger partial charge in [0.1, 0.15) is 5.60 Å². The van der Waals surface area contributed by atoms with Crippen LogP contribution in [0, 0.1) is 6.92 Å². The molecule has 0 bridgehead atoms. The van der Waals surface area contributed by atoms with E-state index in [0.717, 1.165) is 0 Å². The predicted molar refractivity (Wildman–Crippen MR) is 100 cm³/mol. The van der Waals surface area contributed by atoms with E-state index in [0.29, 0.717) is 4.57 Å². The van der Waals surface area contributed by atoms with Crippen molar-refractivity contribution in [2.45, 2.75) is 39.8 Å². The minimum Gasteiger partial charge on any atom is -0.444 e. The number of aryl methyl sites for hydroxylation is 1. The molecule has 2 rings (SSSR count). The highest BCUT2D eigenvalue weighted by molar-refractivity contribution is 5.95. The number of nitrogens with zero attached hydrogens (tertiary/aromatic N) is 2. The molecule has 8 heteroatoms. The van der Waals surface area contributed by atoms with Gasteiger partial charge in [-0.2, -0.15) is 4.57 Å². The predicted octanol–water partition coefficient (Wildman–Crippen LogP) is 1.53. The molecule has 8 nitrogen and oxygen atoms in total. The smallest absolute Gasteiger partial charge is 0.407 e. The zero-order valence-electron chi connectivity index (χ0n) is 15.8. The van der Waals surface area contributed by atoms with Crippen LogP contribution in [0.3, 0.4) is 0 Å². The van der Waals surface area contributed by atoms with Crippen molar-refractivity contribution in [1.82, 2.24) is 14.5 Å². The number of ether oxygens (including phenoxy) is 1. The van der Waals surface area contributed by atoms with Crippen molar-refractivity contribution >= 4 is 12.0 Å². The lowest BCUT2D eigenvalue weighted by Gasteiger charge is -2.19. The van der Waals surface area contributed by atoms with E-state index < -0.39 is 28.9 Å². The van der Waals surface area contributed by atoms with Crippen molar-refractivity contribution in [2.75, 3.05) is 6.54 Å². The summed E-state index contributed by atoms with van der Waals surface area (Å²) < 4.78 is 6.95. The summed E-state index contributed by atoms with van der Waals surface area (Å²) in [6, 6.07) is 8.10. The lowest BCUT2D eigenvalue weighted by atomic mass is 10.2. The van der Waals surface area contributed by atoms with Crippen molar-refractivity contribution in [1.29, 1.82) is 0 Å². The van der Waals surface area contributed by atoms with Crippen LogP contribution in [0.5, 0.6) is 0 Å². The van der Waals surface area contributed by atoms with Crippen molar-refractivity contribution < 1.29 is 14.3 Å². The van der Waals surface area contributed by atoms with Crippen molar-refractivity contribution in [3.8, 4) is 0 Å². The molecule has 1 aromatic carbocycles. The number of aromatic nitrogens is 2. The summed E-state index contributed by atoms with van der Waals surface area (Å²) in [5, 5.41) is 2.54. The highest BCUT2D eigenvalue weighted by Crippen LogP contribution is 2.06. The van der Waals surface area contributed by atoms with Gasteiger partial charge in [0.2, 0.25) is 0 Å². The average Bonchev–Trinajstić information content (AvgIpc) is 2.58.